The standard InChI is InChI=1S/C21H22N2O6S/c1-13-11-20(24)29-19-12-16(5-8-18(13)19)28-14(2)21(25)23-10-9-15-3-6-17(7-4-15)30(22,26)27/h3-8,11-12,14H,9-10H2,1-2H3,(H,23,25)(H2,22,26,27)/t14-/m0/s1. The van der Waals surface area contributed by atoms with E-state index in [2.05, 4.69) is 5.32 Å². The van der Waals surface area contributed by atoms with Gasteiger partial charge >= 0.3 is 5.63 Å². The molecule has 9 heteroatoms. The van der Waals surface area contributed by atoms with E-state index < -0.39 is 21.8 Å². The summed E-state index contributed by atoms with van der Waals surface area (Å²) in [5.74, 6) is 0.111. The smallest absolute Gasteiger partial charge is 0.336 e. The molecule has 1 aromatic heterocycles. The van der Waals surface area contributed by atoms with Crippen molar-refractivity contribution in [2.24, 2.45) is 5.14 Å². The number of nitrogens with one attached hydrogen (secondary N) is 1. The molecular formula is C21H22N2O6S. The molecule has 0 bridgehead atoms. The Morgan fingerprint density at radius 2 is 1.87 bits per heavy atom. The van der Waals surface area contributed by atoms with Gasteiger partial charge in [0, 0.05) is 24.1 Å². The summed E-state index contributed by atoms with van der Waals surface area (Å²) in [5, 5.41) is 8.64. The van der Waals surface area contributed by atoms with Crippen LogP contribution in [0.1, 0.15) is 18.1 Å². The Morgan fingerprint density at radius 1 is 1.17 bits per heavy atom. The molecule has 1 heterocycles. The highest BCUT2D eigenvalue weighted by atomic mass is 32.2. The minimum absolute atomic E-state index is 0.0405. The quantitative estimate of drug-likeness (QED) is 0.551. The summed E-state index contributed by atoms with van der Waals surface area (Å²) in [4.78, 5) is 23.9. The SMILES string of the molecule is Cc1cc(=O)oc2cc(O[C@@H](C)C(=O)NCCc3ccc(S(N)(=O)=O)cc3)ccc12. The fourth-order valence-electron chi connectivity index (χ4n) is 2.96. The molecule has 0 spiro atoms. The van der Waals surface area contributed by atoms with Crippen LogP contribution in [0, 0.1) is 6.92 Å². The average molecular weight is 430 g/mol. The third-order valence-corrected chi connectivity index (χ3v) is 5.50. The molecular weight excluding hydrogens is 408 g/mol. The van der Waals surface area contributed by atoms with Crippen molar-refractivity contribution in [3.05, 3.63) is 70.1 Å². The molecule has 0 aliphatic heterocycles. The number of rotatable bonds is 7. The first-order valence-corrected chi connectivity index (χ1v) is 10.8. The van der Waals surface area contributed by atoms with Gasteiger partial charge in [-0.1, -0.05) is 12.1 Å². The van der Waals surface area contributed by atoms with Crippen LogP contribution in [0.5, 0.6) is 5.75 Å². The van der Waals surface area contributed by atoms with E-state index in [1.54, 1.807) is 37.3 Å². The lowest BCUT2D eigenvalue weighted by atomic mass is 10.1. The average Bonchev–Trinajstić information content (AvgIpc) is 2.67. The Bertz CT molecular complexity index is 1230. The number of hydrogen-bond acceptors (Lipinski definition) is 6. The second kappa shape index (κ2) is 8.68. The molecule has 0 aliphatic carbocycles. The Kier molecular flexibility index (Phi) is 6.23. The monoisotopic (exact) mass is 430 g/mol. The fraction of sp³-hybridized carbons (Fsp3) is 0.238. The molecule has 0 radical (unpaired) electrons. The van der Waals surface area contributed by atoms with Gasteiger partial charge in [0.15, 0.2) is 6.10 Å². The molecule has 0 saturated heterocycles. The van der Waals surface area contributed by atoms with Crippen molar-refractivity contribution in [1.82, 2.24) is 5.32 Å². The Labute approximate surface area is 173 Å². The number of sulfonamides is 1. The van der Waals surface area contributed by atoms with Crippen LogP contribution in [0.2, 0.25) is 0 Å². The third kappa shape index (κ3) is 5.25. The van der Waals surface area contributed by atoms with E-state index in [0.717, 1.165) is 16.5 Å². The van der Waals surface area contributed by atoms with E-state index in [1.807, 2.05) is 6.92 Å². The zero-order valence-corrected chi connectivity index (χ0v) is 17.4. The summed E-state index contributed by atoms with van der Waals surface area (Å²) in [5.41, 5.74) is 1.61. The normalized spacial score (nSPS) is 12.5. The molecule has 3 rings (SSSR count). The Balaban J connectivity index is 1.56. The van der Waals surface area contributed by atoms with Crippen LogP contribution < -0.4 is 20.8 Å². The van der Waals surface area contributed by atoms with E-state index in [9.17, 15) is 18.0 Å². The summed E-state index contributed by atoms with van der Waals surface area (Å²) in [6.45, 7) is 3.79. The predicted molar refractivity (Wildman–Crippen MR) is 112 cm³/mol. The lowest BCUT2D eigenvalue weighted by Gasteiger charge is -2.15. The number of fused-ring (bicyclic) bond motifs is 1. The highest BCUT2D eigenvalue weighted by molar-refractivity contribution is 7.89. The number of hydrogen-bond donors (Lipinski definition) is 2. The summed E-state index contributed by atoms with van der Waals surface area (Å²) in [6.07, 6.45) is -0.243. The maximum Gasteiger partial charge on any atom is 0.336 e. The molecule has 1 atom stereocenters. The predicted octanol–water partition coefficient (Wildman–Crippen LogP) is 1.88. The third-order valence-electron chi connectivity index (χ3n) is 4.57. The molecule has 3 aromatic rings. The van der Waals surface area contributed by atoms with Crippen molar-refractivity contribution in [2.75, 3.05) is 6.54 Å². The lowest BCUT2D eigenvalue weighted by Crippen LogP contribution is -2.37. The van der Waals surface area contributed by atoms with E-state index in [-0.39, 0.29) is 10.8 Å². The van der Waals surface area contributed by atoms with Gasteiger partial charge in [-0.05, 0) is 55.7 Å². The van der Waals surface area contributed by atoms with Crippen LogP contribution in [0.4, 0.5) is 0 Å². The van der Waals surface area contributed by atoms with Crippen molar-refractivity contribution < 1.29 is 22.4 Å². The maximum absolute atomic E-state index is 12.3. The van der Waals surface area contributed by atoms with Gasteiger partial charge in [0.2, 0.25) is 10.0 Å². The minimum atomic E-state index is -3.72. The number of nitrogens with two attached hydrogens (primary N) is 1. The van der Waals surface area contributed by atoms with Gasteiger partial charge < -0.3 is 14.5 Å². The summed E-state index contributed by atoms with van der Waals surface area (Å²) < 4.78 is 33.4. The van der Waals surface area contributed by atoms with Crippen molar-refractivity contribution >= 4 is 26.9 Å². The minimum Gasteiger partial charge on any atom is -0.481 e. The highest BCUT2D eigenvalue weighted by Gasteiger charge is 2.15. The number of carbonyl (C=O) groups excluding carboxylic acids is 1. The van der Waals surface area contributed by atoms with Gasteiger partial charge in [0.1, 0.15) is 11.3 Å². The van der Waals surface area contributed by atoms with Crippen molar-refractivity contribution in [3.63, 3.8) is 0 Å². The highest BCUT2D eigenvalue weighted by Crippen LogP contribution is 2.23. The van der Waals surface area contributed by atoms with Crippen LogP contribution in [0.3, 0.4) is 0 Å². The second-order valence-electron chi connectivity index (χ2n) is 6.90. The number of benzene rings is 2. The molecule has 8 nitrogen and oxygen atoms in total. The fourth-order valence-corrected chi connectivity index (χ4v) is 3.47. The largest absolute Gasteiger partial charge is 0.481 e. The van der Waals surface area contributed by atoms with Gasteiger partial charge in [-0.3, -0.25) is 4.79 Å². The molecule has 0 unspecified atom stereocenters. The molecule has 0 fully saturated rings. The Hall–Kier alpha value is -3.17. The summed E-state index contributed by atoms with van der Waals surface area (Å²) in [6, 6.07) is 12.6. The van der Waals surface area contributed by atoms with Crippen molar-refractivity contribution in [2.45, 2.75) is 31.3 Å². The zero-order valence-electron chi connectivity index (χ0n) is 16.5. The Morgan fingerprint density at radius 3 is 2.53 bits per heavy atom. The number of ether oxygens (including phenoxy) is 1. The summed E-state index contributed by atoms with van der Waals surface area (Å²) >= 11 is 0. The van der Waals surface area contributed by atoms with Gasteiger partial charge in [-0.15, -0.1) is 0 Å². The van der Waals surface area contributed by atoms with Crippen LogP contribution in [-0.4, -0.2) is 27.0 Å². The number of carbonyl (C=O) groups is 1. The summed E-state index contributed by atoms with van der Waals surface area (Å²) in [7, 11) is -3.72. The molecule has 158 valence electrons. The van der Waals surface area contributed by atoms with E-state index in [1.165, 1.54) is 18.2 Å². The molecule has 0 saturated carbocycles. The van der Waals surface area contributed by atoms with Gasteiger partial charge in [-0.25, -0.2) is 18.4 Å². The molecule has 2 aromatic carbocycles. The van der Waals surface area contributed by atoms with Crippen LogP contribution >= 0.6 is 0 Å². The first-order valence-electron chi connectivity index (χ1n) is 9.24. The van der Waals surface area contributed by atoms with Gasteiger partial charge in [-0.2, -0.15) is 0 Å². The molecule has 3 N–H and O–H groups in total. The molecule has 1 amide bonds. The number of aryl methyl sites for hydroxylation is 1. The van der Waals surface area contributed by atoms with E-state index in [4.69, 9.17) is 14.3 Å². The first kappa shape index (κ1) is 21.5. The second-order valence-corrected chi connectivity index (χ2v) is 8.46. The van der Waals surface area contributed by atoms with Crippen LogP contribution in [0.25, 0.3) is 11.0 Å². The maximum atomic E-state index is 12.3. The van der Waals surface area contributed by atoms with Crippen LogP contribution in [0.15, 0.2) is 62.6 Å². The van der Waals surface area contributed by atoms with Crippen LogP contribution in [-0.2, 0) is 21.2 Å². The van der Waals surface area contributed by atoms with Crippen molar-refractivity contribution in [3.8, 4) is 5.75 Å². The first-order chi connectivity index (χ1) is 14.1. The lowest BCUT2D eigenvalue weighted by molar-refractivity contribution is -0.127. The molecule has 0 aliphatic rings. The van der Waals surface area contributed by atoms with Gasteiger partial charge in [0.05, 0.1) is 4.90 Å². The van der Waals surface area contributed by atoms with E-state index in [0.29, 0.717) is 24.3 Å². The van der Waals surface area contributed by atoms with Gasteiger partial charge in [0.25, 0.3) is 5.91 Å². The topological polar surface area (TPSA) is 129 Å². The van der Waals surface area contributed by atoms with E-state index >= 15 is 0 Å². The zero-order chi connectivity index (χ0) is 21.9. The van der Waals surface area contributed by atoms with Crippen molar-refractivity contribution in [1.29, 1.82) is 0 Å². The number of amides is 1. The number of primary sulfonamides is 1. The molecule has 30 heavy (non-hydrogen) atoms.